The predicted molar refractivity (Wildman–Crippen MR) is 68.5 cm³/mol. The van der Waals surface area contributed by atoms with Gasteiger partial charge >= 0.3 is 0 Å². The van der Waals surface area contributed by atoms with E-state index in [1.165, 1.54) is 0 Å². The Morgan fingerprint density at radius 2 is 2.00 bits per heavy atom. The van der Waals surface area contributed by atoms with Gasteiger partial charge in [-0.25, -0.2) is 0 Å². The molecule has 0 saturated carbocycles. The van der Waals surface area contributed by atoms with Crippen molar-refractivity contribution in [3.05, 3.63) is 35.4 Å². The van der Waals surface area contributed by atoms with Gasteiger partial charge in [-0.1, -0.05) is 12.1 Å². The first kappa shape index (κ1) is 12.6. The topological polar surface area (TPSA) is 70.1 Å². The molecule has 0 spiro atoms. The van der Waals surface area contributed by atoms with Crippen molar-refractivity contribution in [2.75, 3.05) is 0 Å². The number of rotatable bonds is 2. The second-order valence-corrected chi connectivity index (χ2v) is 4.94. The van der Waals surface area contributed by atoms with Crippen molar-refractivity contribution in [2.24, 2.45) is 5.73 Å². The number of nitrogens with zero attached hydrogens (tertiary/aromatic N) is 2. The lowest BCUT2D eigenvalue weighted by Crippen LogP contribution is -2.37. The van der Waals surface area contributed by atoms with Gasteiger partial charge in [0.15, 0.2) is 0 Å². The Balaban J connectivity index is 2.35. The molecule has 1 saturated heterocycles. The molecule has 2 unspecified atom stereocenters. The zero-order valence-corrected chi connectivity index (χ0v) is 10.6. The van der Waals surface area contributed by atoms with Crippen LogP contribution in [-0.2, 0) is 4.79 Å². The maximum absolute atomic E-state index is 11.9. The molecule has 1 aromatic carbocycles. The van der Waals surface area contributed by atoms with Crippen LogP contribution in [0.1, 0.15) is 37.4 Å². The van der Waals surface area contributed by atoms with Gasteiger partial charge < -0.3 is 10.6 Å². The number of nitrogens with two attached hydrogens (primary N) is 1. The van der Waals surface area contributed by atoms with E-state index in [1.807, 2.05) is 30.9 Å². The van der Waals surface area contributed by atoms with Crippen molar-refractivity contribution < 1.29 is 4.79 Å². The Morgan fingerprint density at radius 1 is 1.39 bits per heavy atom. The van der Waals surface area contributed by atoms with Gasteiger partial charge in [0.25, 0.3) is 0 Å². The van der Waals surface area contributed by atoms with Gasteiger partial charge in [0.05, 0.1) is 17.7 Å². The van der Waals surface area contributed by atoms with Gasteiger partial charge in [-0.05, 0) is 31.5 Å². The molecular weight excluding hydrogens is 226 g/mol. The summed E-state index contributed by atoms with van der Waals surface area (Å²) in [5, 5.41) is 8.79. The maximum Gasteiger partial charge on any atom is 0.225 e. The third kappa shape index (κ3) is 2.09. The zero-order chi connectivity index (χ0) is 13.3. The second-order valence-electron chi connectivity index (χ2n) is 4.94. The summed E-state index contributed by atoms with van der Waals surface area (Å²) in [5.41, 5.74) is 7.69. The van der Waals surface area contributed by atoms with E-state index in [9.17, 15) is 4.79 Å². The summed E-state index contributed by atoms with van der Waals surface area (Å²) in [6, 6.07) is 9.27. The van der Waals surface area contributed by atoms with E-state index in [2.05, 4.69) is 6.07 Å². The SMILES string of the molecule is CC(C)N1C(=O)CC(N)C1c1ccc(C#N)cc1. The average molecular weight is 243 g/mol. The minimum atomic E-state index is -0.173. The van der Waals surface area contributed by atoms with E-state index < -0.39 is 0 Å². The summed E-state index contributed by atoms with van der Waals surface area (Å²) in [6.07, 6.45) is 0.392. The van der Waals surface area contributed by atoms with E-state index in [1.54, 1.807) is 12.1 Å². The third-order valence-corrected chi connectivity index (χ3v) is 3.34. The lowest BCUT2D eigenvalue weighted by molar-refractivity contribution is -0.130. The first-order valence-electron chi connectivity index (χ1n) is 6.11. The fourth-order valence-electron chi connectivity index (χ4n) is 2.55. The van der Waals surface area contributed by atoms with Crippen LogP contribution in [-0.4, -0.2) is 22.9 Å². The Labute approximate surface area is 107 Å². The number of likely N-dealkylation sites (tertiary alicyclic amines) is 1. The molecule has 94 valence electrons. The number of benzene rings is 1. The van der Waals surface area contributed by atoms with Gasteiger partial charge in [-0.15, -0.1) is 0 Å². The molecule has 2 N–H and O–H groups in total. The Kier molecular flexibility index (Phi) is 3.35. The molecule has 2 atom stereocenters. The highest BCUT2D eigenvalue weighted by Crippen LogP contribution is 2.33. The fraction of sp³-hybridized carbons (Fsp3) is 0.429. The highest BCUT2D eigenvalue weighted by atomic mass is 16.2. The Hall–Kier alpha value is -1.86. The lowest BCUT2D eigenvalue weighted by Gasteiger charge is -2.30. The van der Waals surface area contributed by atoms with E-state index in [4.69, 9.17) is 11.0 Å². The van der Waals surface area contributed by atoms with Crippen LogP contribution in [0, 0.1) is 11.3 Å². The van der Waals surface area contributed by atoms with Crippen LogP contribution in [0.5, 0.6) is 0 Å². The van der Waals surface area contributed by atoms with E-state index in [0.29, 0.717) is 12.0 Å². The van der Waals surface area contributed by atoms with Crippen LogP contribution < -0.4 is 5.73 Å². The monoisotopic (exact) mass is 243 g/mol. The molecule has 4 heteroatoms. The van der Waals surface area contributed by atoms with Gasteiger partial charge in [0, 0.05) is 18.5 Å². The van der Waals surface area contributed by atoms with Crippen molar-refractivity contribution in [3.8, 4) is 6.07 Å². The summed E-state index contributed by atoms with van der Waals surface area (Å²) in [5.74, 6) is 0.104. The summed E-state index contributed by atoms with van der Waals surface area (Å²) in [6.45, 7) is 3.99. The normalized spacial score (nSPS) is 23.5. The van der Waals surface area contributed by atoms with E-state index >= 15 is 0 Å². The Morgan fingerprint density at radius 3 is 2.50 bits per heavy atom. The molecule has 1 aliphatic rings. The quantitative estimate of drug-likeness (QED) is 0.857. The molecule has 0 aromatic heterocycles. The molecule has 18 heavy (non-hydrogen) atoms. The molecule has 1 fully saturated rings. The van der Waals surface area contributed by atoms with Crippen molar-refractivity contribution in [1.82, 2.24) is 4.90 Å². The minimum Gasteiger partial charge on any atom is -0.332 e. The summed E-state index contributed by atoms with van der Waals surface area (Å²) < 4.78 is 0. The van der Waals surface area contributed by atoms with E-state index in [-0.39, 0.29) is 24.0 Å². The number of hydrogen-bond donors (Lipinski definition) is 1. The van der Waals surface area contributed by atoms with Crippen LogP contribution in [0.15, 0.2) is 24.3 Å². The van der Waals surface area contributed by atoms with Gasteiger partial charge in [0.2, 0.25) is 5.91 Å². The number of nitriles is 1. The average Bonchev–Trinajstić information content (AvgIpc) is 2.64. The summed E-state index contributed by atoms with van der Waals surface area (Å²) >= 11 is 0. The van der Waals surface area contributed by atoms with Gasteiger partial charge in [0.1, 0.15) is 0 Å². The molecule has 1 aliphatic heterocycles. The molecular formula is C14H17N3O. The molecule has 1 aromatic rings. The van der Waals surface area contributed by atoms with Crippen LogP contribution in [0.2, 0.25) is 0 Å². The summed E-state index contributed by atoms with van der Waals surface area (Å²) in [4.78, 5) is 13.8. The molecule has 4 nitrogen and oxygen atoms in total. The largest absolute Gasteiger partial charge is 0.332 e. The standard InChI is InChI=1S/C14H17N3O/c1-9(2)17-13(18)7-12(16)14(17)11-5-3-10(8-15)4-6-11/h3-6,9,12,14H,7,16H2,1-2H3. The highest BCUT2D eigenvalue weighted by molar-refractivity contribution is 5.80. The predicted octanol–water partition coefficient (Wildman–Crippen LogP) is 1.57. The molecule has 0 radical (unpaired) electrons. The van der Waals surface area contributed by atoms with Crippen LogP contribution >= 0.6 is 0 Å². The lowest BCUT2D eigenvalue weighted by atomic mass is 9.99. The number of carbonyl (C=O) groups is 1. The molecule has 1 heterocycles. The Bertz CT molecular complexity index is 487. The molecule has 0 bridgehead atoms. The van der Waals surface area contributed by atoms with Crippen LogP contribution in [0.3, 0.4) is 0 Å². The first-order valence-corrected chi connectivity index (χ1v) is 6.11. The second kappa shape index (κ2) is 4.79. The van der Waals surface area contributed by atoms with Crippen molar-refractivity contribution in [2.45, 2.75) is 38.4 Å². The van der Waals surface area contributed by atoms with E-state index in [0.717, 1.165) is 5.56 Å². The number of amides is 1. The van der Waals surface area contributed by atoms with Crippen LogP contribution in [0.25, 0.3) is 0 Å². The first-order chi connectivity index (χ1) is 8.54. The molecule has 1 amide bonds. The van der Waals surface area contributed by atoms with Gasteiger partial charge in [-0.2, -0.15) is 5.26 Å². The van der Waals surface area contributed by atoms with Crippen molar-refractivity contribution in [1.29, 1.82) is 5.26 Å². The smallest absolute Gasteiger partial charge is 0.225 e. The number of hydrogen-bond acceptors (Lipinski definition) is 3. The maximum atomic E-state index is 11.9. The van der Waals surface area contributed by atoms with Crippen molar-refractivity contribution >= 4 is 5.91 Å². The highest BCUT2D eigenvalue weighted by Gasteiger charge is 2.39. The zero-order valence-electron chi connectivity index (χ0n) is 10.6. The minimum absolute atomic E-state index is 0.0785. The molecule has 2 rings (SSSR count). The summed E-state index contributed by atoms with van der Waals surface area (Å²) in [7, 11) is 0. The fourth-order valence-corrected chi connectivity index (χ4v) is 2.55. The number of carbonyl (C=O) groups excluding carboxylic acids is 1. The molecule has 0 aliphatic carbocycles. The van der Waals surface area contributed by atoms with Crippen LogP contribution in [0.4, 0.5) is 0 Å². The van der Waals surface area contributed by atoms with Gasteiger partial charge in [-0.3, -0.25) is 4.79 Å². The van der Waals surface area contributed by atoms with Crippen molar-refractivity contribution in [3.63, 3.8) is 0 Å². The third-order valence-electron chi connectivity index (χ3n) is 3.34.